The molecule has 0 radical (unpaired) electrons. The Labute approximate surface area is 205 Å². The van der Waals surface area contributed by atoms with Gasteiger partial charge in [-0.3, -0.25) is 0 Å². The first-order valence-corrected chi connectivity index (χ1v) is 11.0. The fraction of sp³-hybridized carbons (Fsp3) is 0.231. The Morgan fingerprint density at radius 3 is 2.23 bits per heavy atom. The number of nitrogens with zero attached hydrogens (tertiary/aromatic N) is 2. The van der Waals surface area contributed by atoms with Crippen molar-refractivity contribution in [1.29, 1.82) is 5.26 Å². The summed E-state index contributed by atoms with van der Waals surface area (Å²) in [5, 5.41) is 19.8. The zero-order valence-electron chi connectivity index (χ0n) is 18.8. The average Bonchev–Trinajstić information content (AvgIpc) is 2.79. The molecule has 0 aliphatic carbocycles. The second-order valence-corrected chi connectivity index (χ2v) is 8.52. The molecule has 0 fully saturated rings. The predicted octanol–water partition coefficient (Wildman–Crippen LogP) is 7.33. The number of anilines is 1. The maximum Gasteiger partial charge on any atom is 0.416 e. The van der Waals surface area contributed by atoms with E-state index in [0.717, 1.165) is 18.2 Å². The molecule has 3 aromatic rings. The van der Waals surface area contributed by atoms with Gasteiger partial charge in [-0.15, -0.1) is 0 Å². The van der Waals surface area contributed by atoms with Gasteiger partial charge in [-0.2, -0.15) is 18.4 Å². The highest BCUT2D eigenvalue weighted by Gasteiger charge is 2.37. The van der Waals surface area contributed by atoms with Crippen LogP contribution in [0.5, 0.6) is 11.5 Å². The van der Waals surface area contributed by atoms with Crippen LogP contribution in [0.15, 0.2) is 72.8 Å². The third-order valence-electron chi connectivity index (χ3n) is 5.29. The molecule has 1 N–H and O–H groups in total. The topological polar surface area (TPSA) is 73.6 Å². The average molecular weight is 503 g/mol. The molecule has 0 saturated heterocycles. The summed E-state index contributed by atoms with van der Waals surface area (Å²) in [4.78, 5) is 13.5. The number of carboxylic acid groups (broad SMARTS) is 1. The van der Waals surface area contributed by atoms with Gasteiger partial charge in [0.05, 0.1) is 22.3 Å². The normalized spacial score (nSPS) is 13.1. The van der Waals surface area contributed by atoms with Gasteiger partial charge in [0, 0.05) is 0 Å². The molecule has 0 aliphatic rings. The van der Waals surface area contributed by atoms with Crippen LogP contribution >= 0.6 is 11.6 Å². The van der Waals surface area contributed by atoms with Crippen LogP contribution in [0.25, 0.3) is 0 Å². The molecule has 0 spiro atoms. The molecular formula is C26H22ClF3N2O3. The van der Waals surface area contributed by atoms with Crippen LogP contribution < -0.4 is 9.64 Å². The van der Waals surface area contributed by atoms with E-state index in [9.17, 15) is 28.3 Å². The Bertz CT molecular complexity index is 1230. The summed E-state index contributed by atoms with van der Waals surface area (Å²) in [6.07, 6.45) is -4.63. The van der Waals surface area contributed by atoms with Crippen molar-refractivity contribution in [1.82, 2.24) is 0 Å². The molecule has 0 aromatic heterocycles. The van der Waals surface area contributed by atoms with Crippen LogP contribution in [-0.2, 0) is 11.0 Å². The number of halogens is 4. The molecule has 35 heavy (non-hydrogen) atoms. The minimum atomic E-state index is -4.63. The van der Waals surface area contributed by atoms with Gasteiger partial charge in [0.1, 0.15) is 23.6 Å². The van der Waals surface area contributed by atoms with E-state index >= 15 is 0 Å². The van der Waals surface area contributed by atoms with Gasteiger partial charge in [-0.25, -0.2) is 4.79 Å². The Hall–Kier alpha value is -3.70. The van der Waals surface area contributed by atoms with Gasteiger partial charge >= 0.3 is 12.1 Å². The highest BCUT2D eigenvalue weighted by molar-refractivity contribution is 6.33. The van der Waals surface area contributed by atoms with E-state index in [1.54, 1.807) is 62.4 Å². The number of hydrogen-bond donors (Lipinski definition) is 1. The standard InChI is InChI=1S/C26H22ClF3N2O3/c1-16(2)24(25(33)34)32(22-12-11-18(14-21(22)27)26(28,29)30)23(15-31)17-7-6-10-20(13-17)35-19-8-4-3-5-9-19/h3-14,16,23-24H,1-2H3,(H,33,34)/t23?,24-/m1/s1. The number of benzene rings is 3. The van der Waals surface area contributed by atoms with E-state index < -0.39 is 35.7 Å². The number of hydrogen-bond acceptors (Lipinski definition) is 4. The number of nitriles is 1. The number of aliphatic carboxylic acids is 1. The molecule has 182 valence electrons. The molecule has 2 atom stereocenters. The zero-order chi connectivity index (χ0) is 25.8. The van der Waals surface area contributed by atoms with Crippen molar-refractivity contribution in [2.75, 3.05) is 4.90 Å². The van der Waals surface area contributed by atoms with Gasteiger partial charge in [-0.1, -0.05) is 55.8 Å². The molecule has 3 rings (SSSR count). The van der Waals surface area contributed by atoms with E-state index in [0.29, 0.717) is 17.1 Å². The SMILES string of the molecule is CC(C)[C@H](C(=O)O)N(c1ccc(C(F)(F)F)cc1Cl)C(C#N)c1cccc(Oc2ccccc2)c1. The van der Waals surface area contributed by atoms with E-state index in [4.69, 9.17) is 16.3 Å². The van der Waals surface area contributed by atoms with Crippen LogP contribution in [0.3, 0.4) is 0 Å². The minimum Gasteiger partial charge on any atom is -0.480 e. The Balaban J connectivity index is 2.12. The number of rotatable bonds is 8. The van der Waals surface area contributed by atoms with Gasteiger partial charge in [0.2, 0.25) is 0 Å². The van der Waals surface area contributed by atoms with Crippen LogP contribution in [-0.4, -0.2) is 17.1 Å². The highest BCUT2D eigenvalue weighted by atomic mass is 35.5. The smallest absolute Gasteiger partial charge is 0.416 e. The number of para-hydroxylation sites is 1. The van der Waals surface area contributed by atoms with Crippen LogP contribution in [0, 0.1) is 17.2 Å². The van der Waals surface area contributed by atoms with Crippen LogP contribution in [0.2, 0.25) is 5.02 Å². The third kappa shape index (κ3) is 6.06. The Morgan fingerprint density at radius 2 is 1.69 bits per heavy atom. The summed E-state index contributed by atoms with van der Waals surface area (Å²) in [6.45, 7) is 3.29. The predicted molar refractivity (Wildman–Crippen MR) is 127 cm³/mol. The van der Waals surface area contributed by atoms with E-state index in [1.165, 1.54) is 4.90 Å². The van der Waals surface area contributed by atoms with Crippen molar-refractivity contribution in [3.63, 3.8) is 0 Å². The summed E-state index contributed by atoms with van der Waals surface area (Å²) in [7, 11) is 0. The molecule has 3 aromatic carbocycles. The van der Waals surface area contributed by atoms with Crippen molar-refractivity contribution in [3.8, 4) is 17.6 Å². The number of carboxylic acids is 1. The van der Waals surface area contributed by atoms with Crippen molar-refractivity contribution in [2.24, 2.45) is 5.92 Å². The first kappa shape index (κ1) is 25.9. The largest absolute Gasteiger partial charge is 0.480 e. The zero-order valence-corrected chi connectivity index (χ0v) is 19.6. The van der Waals surface area contributed by atoms with Gasteiger partial charge in [0.25, 0.3) is 0 Å². The maximum atomic E-state index is 13.2. The lowest BCUT2D eigenvalue weighted by atomic mass is 9.96. The van der Waals surface area contributed by atoms with Gasteiger partial charge < -0.3 is 14.7 Å². The summed E-state index contributed by atoms with van der Waals surface area (Å²) < 4.78 is 45.4. The molecular weight excluding hydrogens is 481 g/mol. The Morgan fingerprint density at radius 1 is 1.03 bits per heavy atom. The van der Waals surface area contributed by atoms with E-state index in [-0.39, 0.29) is 10.7 Å². The minimum absolute atomic E-state index is 0.00157. The monoisotopic (exact) mass is 502 g/mol. The van der Waals surface area contributed by atoms with Crippen molar-refractivity contribution >= 4 is 23.3 Å². The molecule has 1 unspecified atom stereocenters. The van der Waals surface area contributed by atoms with E-state index in [2.05, 4.69) is 6.07 Å². The summed E-state index contributed by atoms with van der Waals surface area (Å²) >= 11 is 6.24. The van der Waals surface area contributed by atoms with Crippen LogP contribution in [0.4, 0.5) is 18.9 Å². The lowest BCUT2D eigenvalue weighted by Gasteiger charge is -2.37. The maximum absolute atomic E-state index is 13.2. The lowest BCUT2D eigenvalue weighted by Crippen LogP contribution is -2.47. The second kappa shape index (κ2) is 10.7. The third-order valence-corrected chi connectivity index (χ3v) is 5.59. The molecule has 5 nitrogen and oxygen atoms in total. The number of carbonyl (C=O) groups is 1. The molecule has 0 aliphatic heterocycles. The molecule has 0 bridgehead atoms. The summed E-state index contributed by atoms with van der Waals surface area (Å²) in [5.41, 5.74) is -0.583. The van der Waals surface area contributed by atoms with Gasteiger partial charge in [-0.05, 0) is 53.9 Å². The molecule has 9 heteroatoms. The van der Waals surface area contributed by atoms with Crippen molar-refractivity contribution in [3.05, 3.63) is 88.9 Å². The van der Waals surface area contributed by atoms with Crippen molar-refractivity contribution in [2.45, 2.75) is 32.1 Å². The van der Waals surface area contributed by atoms with E-state index in [1.807, 2.05) is 6.07 Å². The van der Waals surface area contributed by atoms with Crippen molar-refractivity contribution < 1.29 is 27.8 Å². The first-order valence-electron chi connectivity index (χ1n) is 10.6. The summed E-state index contributed by atoms with van der Waals surface area (Å²) in [6, 6.07) is 17.8. The lowest BCUT2D eigenvalue weighted by molar-refractivity contribution is -0.140. The van der Waals surface area contributed by atoms with Gasteiger partial charge in [0.15, 0.2) is 0 Å². The highest BCUT2D eigenvalue weighted by Crippen LogP contribution is 2.40. The molecule has 0 heterocycles. The molecule has 0 amide bonds. The fourth-order valence-corrected chi connectivity index (χ4v) is 4.02. The number of alkyl halides is 3. The number of ether oxygens (including phenoxy) is 1. The van der Waals surface area contributed by atoms with Crippen LogP contribution in [0.1, 0.15) is 31.0 Å². The summed E-state index contributed by atoms with van der Waals surface area (Å²) in [5.74, 6) is -0.784. The molecule has 0 saturated carbocycles. The second-order valence-electron chi connectivity index (χ2n) is 8.12. The fourth-order valence-electron chi connectivity index (χ4n) is 3.74. The Kier molecular flexibility index (Phi) is 7.92. The quantitative estimate of drug-likeness (QED) is 0.349. The first-order chi connectivity index (χ1) is 16.5.